The largest absolute Gasteiger partial charge is 0.467 e. The molecule has 28 heavy (non-hydrogen) atoms. The SMILES string of the molecule is CCN1C(=O)c2ccccc2[S@@](=O)c2ccc(C(=O)NCc3ccco3)cc21. The van der Waals surface area contributed by atoms with Gasteiger partial charge in [0.2, 0.25) is 0 Å². The number of furan rings is 1. The first-order valence-corrected chi connectivity index (χ1v) is 10.0. The van der Waals surface area contributed by atoms with Gasteiger partial charge in [-0.05, 0) is 49.4 Å². The Morgan fingerprint density at radius 2 is 1.93 bits per heavy atom. The quantitative estimate of drug-likeness (QED) is 0.736. The van der Waals surface area contributed by atoms with Crippen molar-refractivity contribution in [2.45, 2.75) is 23.3 Å². The molecule has 0 spiro atoms. The van der Waals surface area contributed by atoms with Crippen LogP contribution in [0.5, 0.6) is 0 Å². The molecule has 6 nitrogen and oxygen atoms in total. The number of anilines is 1. The number of benzene rings is 2. The summed E-state index contributed by atoms with van der Waals surface area (Å²) in [5.41, 5.74) is 1.30. The summed E-state index contributed by atoms with van der Waals surface area (Å²) < 4.78 is 18.3. The summed E-state index contributed by atoms with van der Waals surface area (Å²) in [6.45, 7) is 2.51. The minimum Gasteiger partial charge on any atom is -0.467 e. The first-order valence-electron chi connectivity index (χ1n) is 8.87. The van der Waals surface area contributed by atoms with E-state index in [0.717, 1.165) is 0 Å². The van der Waals surface area contributed by atoms with Gasteiger partial charge in [0.05, 0.1) is 44.6 Å². The first-order chi connectivity index (χ1) is 13.6. The van der Waals surface area contributed by atoms with Crippen LogP contribution in [0.15, 0.2) is 75.1 Å². The van der Waals surface area contributed by atoms with E-state index in [2.05, 4.69) is 5.32 Å². The fourth-order valence-electron chi connectivity index (χ4n) is 3.20. The topological polar surface area (TPSA) is 79.6 Å². The van der Waals surface area contributed by atoms with Gasteiger partial charge in [0.1, 0.15) is 5.76 Å². The van der Waals surface area contributed by atoms with E-state index in [1.54, 1.807) is 65.8 Å². The van der Waals surface area contributed by atoms with E-state index in [1.807, 2.05) is 6.92 Å². The summed E-state index contributed by atoms with van der Waals surface area (Å²) >= 11 is 0. The summed E-state index contributed by atoms with van der Waals surface area (Å²) in [5, 5.41) is 2.78. The third-order valence-electron chi connectivity index (χ3n) is 4.59. The van der Waals surface area contributed by atoms with Gasteiger partial charge in [-0.1, -0.05) is 12.1 Å². The number of amides is 2. The van der Waals surface area contributed by atoms with Crippen LogP contribution < -0.4 is 10.2 Å². The molecule has 2 heterocycles. The van der Waals surface area contributed by atoms with Crippen LogP contribution in [0.3, 0.4) is 0 Å². The predicted molar refractivity (Wildman–Crippen MR) is 105 cm³/mol. The molecule has 0 fully saturated rings. The molecule has 1 N–H and O–H groups in total. The van der Waals surface area contributed by atoms with Crippen LogP contribution in [-0.4, -0.2) is 22.6 Å². The van der Waals surface area contributed by atoms with E-state index < -0.39 is 10.8 Å². The van der Waals surface area contributed by atoms with Crippen LogP contribution in [0.2, 0.25) is 0 Å². The maximum atomic E-state index is 13.1. The number of carbonyl (C=O) groups is 2. The van der Waals surface area contributed by atoms with Crippen molar-refractivity contribution in [3.63, 3.8) is 0 Å². The maximum Gasteiger partial charge on any atom is 0.259 e. The molecule has 0 unspecified atom stereocenters. The fraction of sp³-hybridized carbons (Fsp3) is 0.143. The van der Waals surface area contributed by atoms with Crippen molar-refractivity contribution in [2.75, 3.05) is 11.4 Å². The summed E-state index contributed by atoms with van der Waals surface area (Å²) in [6.07, 6.45) is 1.54. The molecule has 3 aromatic rings. The molecule has 1 aromatic heterocycles. The van der Waals surface area contributed by atoms with Gasteiger partial charge >= 0.3 is 0 Å². The molecule has 4 rings (SSSR count). The van der Waals surface area contributed by atoms with E-state index >= 15 is 0 Å². The molecule has 0 aliphatic carbocycles. The summed E-state index contributed by atoms with van der Waals surface area (Å²) in [6, 6.07) is 15.3. The molecule has 1 atom stereocenters. The maximum absolute atomic E-state index is 13.1. The highest BCUT2D eigenvalue weighted by molar-refractivity contribution is 7.85. The molecule has 1 aliphatic heterocycles. The van der Waals surface area contributed by atoms with Crippen LogP contribution in [0.4, 0.5) is 5.69 Å². The highest BCUT2D eigenvalue weighted by Gasteiger charge is 2.30. The lowest BCUT2D eigenvalue weighted by Gasteiger charge is -2.21. The third kappa shape index (κ3) is 3.14. The second-order valence-electron chi connectivity index (χ2n) is 6.26. The Morgan fingerprint density at radius 3 is 2.68 bits per heavy atom. The Hall–Kier alpha value is -3.19. The summed E-state index contributed by atoms with van der Waals surface area (Å²) in [5.74, 6) is 0.124. The average molecular weight is 394 g/mol. The minimum absolute atomic E-state index is 0.224. The van der Waals surface area contributed by atoms with Crippen molar-refractivity contribution in [2.24, 2.45) is 0 Å². The van der Waals surface area contributed by atoms with Gasteiger partial charge in [-0.25, -0.2) is 4.21 Å². The van der Waals surface area contributed by atoms with E-state index in [4.69, 9.17) is 4.42 Å². The monoisotopic (exact) mass is 394 g/mol. The van der Waals surface area contributed by atoms with E-state index in [-0.39, 0.29) is 18.4 Å². The zero-order chi connectivity index (χ0) is 19.7. The van der Waals surface area contributed by atoms with E-state index in [1.165, 1.54) is 0 Å². The van der Waals surface area contributed by atoms with Gasteiger partial charge in [0.25, 0.3) is 11.8 Å². The van der Waals surface area contributed by atoms with E-state index in [0.29, 0.717) is 38.9 Å². The molecular weight excluding hydrogens is 376 g/mol. The molecule has 0 saturated heterocycles. The molecule has 0 radical (unpaired) electrons. The zero-order valence-corrected chi connectivity index (χ0v) is 16.0. The number of nitrogens with one attached hydrogen (secondary N) is 1. The third-order valence-corrected chi connectivity index (χ3v) is 6.09. The number of rotatable bonds is 4. The van der Waals surface area contributed by atoms with E-state index in [9.17, 15) is 13.8 Å². The first kappa shape index (κ1) is 18.2. The molecule has 1 aliphatic rings. The highest BCUT2D eigenvalue weighted by Crippen LogP contribution is 2.35. The van der Waals surface area contributed by atoms with Crippen LogP contribution in [0.25, 0.3) is 0 Å². The second kappa shape index (κ2) is 7.44. The predicted octanol–water partition coefficient (Wildman–Crippen LogP) is 3.36. The molecule has 2 amide bonds. The highest BCUT2D eigenvalue weighted by atomic mass is 32.2. The molecule has 0 bridgehead atoms. The lowest BCUT2D eigenvalue weighted by molar-refractivity contribution is 0.0945. The number of hydrogen-bond donors (Lipinski definition) is 1. The van der Waals surface area contributed by atoms with Gasteiger partial charge in [-0.3, -0.25) is 9.59 Å². The lowest BCUT2D eigenvalue weighted by atomic mass is 10.1. The van der Waals surface area contributed by atoms with Crippen LogP contribution in [0.1, 0.15) is 33.4 Å². The number of hydrogen-bond acceptors (Lipinski definition) is 4. The van der Waals surface area contributed by atoms with Crippen molar-refractivity contribution in [3.05, 3.63) is 77.7 Å². The van der Waals surface area contributed by atoms with Gasteiger partial charge in [0, 0.05) is 12.1 Å². The van der Waals surface area contributed by atoms with Crippen LogP contribution in [0, 0.1) is 0 Å². The lowest BCUT2D eigenvalue weighted by Crippen LogP contribution is -2.31. The smallest absolute Gasteiger partial charge is 0.259 e. The molecule has 7 heteroatoms. The Morgan fingerprint density at radius 1 is 1.11 bits per heavy atom. The van der Waals surface area contributed by atoms with Crippen molar-refractivity contribution in [1.82, 2.24) is 5.32 Å². The molecule has 142 valence electrons. The fourth-order valence-corrected chi connectivity index (χ4v) is 4.55. The van der Waals surface area contributed by atoms with Crippen LogP contribution >= 0.6 is 0 Å². The Labute approximate surface area is 164 Å². The number of nitrogens with zero attached hydrogens (tertiary/aromatic N) is 1. The summed E-state index contributed by atoms with van der Waals surface area (Å²) in [4.78, 5) is 28.1. The number of fused-ring (bicyclic) bond motifs is 2. The Bertz CT molecular complexity index is 1080. The van der Waals surface area contributed by atoms with Gasteiger partial charge < -0.3 is 14.6 Å². The zero-order valence-electron chi connectivity index (χ0n) is 15.2. The second-order valence-corrected chi connectivity index (χ2v) is 7.68. The molecule has 2 aromatic carbocycles. The minimum atomic E-state index is -1.51. The Balaban J connectivity index is 1.71. The van der Waals surface area contributed by atoms with Gasteiger partial charge in [-0.2, -0.15) is 0 Å². The standard InChI is InChI=1S/C21H18N2O4S/c1-2-23-17-12-14(20(24)22-13-15-6-5-11-27-15)9-10-19(17)28(26)18-8-4-3-7-16(18)21(23)25/h3-12H,2,13H2,1H3,(H,22,24)/t28-/m1/s1. The van der Waals surface area contributed by atoms with Crippen molar-refractivity contribution < 1.29 is 18.2 Å². The van der Waals surface area contributed by atoms with Crippen molar-refractivity contribution in [3.8, 4) is 0 Å². The van der Waals surface area contributed by atoms with Gasteiger partial charge in [0.15, 0.2) is 0 Å². The molecule has 0 saturated carbocycles. The molecular formula is C21H18N2O4S. The van der Waals surface area contributed by atoms with Gasteiger partial charge in [-0.15, -0.1) is 0 Å². The van der Waals surface area contributed by atoms with Crippen LogP contribution in [-0.2, 0) is 17.3 Å². The normalized spacial score (nSPS) is 15.5. The summed E-state index contributed by atoms with van der Waals surface area (Å²) in [7, 11) is -1.51. The Kier molecular flexibility index (Phi) is 4.83. The average Bonchev–Trinajstić information content (AvgIpc) is 3.23. The van der Waals surface area contributed by atoms with Crippen molar-refractivity contribution >= 4 is 28.3 Å². The number of carbonyl (C=O) groups excluding carboxylic acids is 2. The van der Waals surface area contributed by atoms with Crippen molar-refractivity contribution in [1.29, 1.82) is 0 Å².